The molecule has 0 rings (SSSR count). The lowest BCUT2D eigenvalue weighted by Gasteiger charge is -2.24. The predicted octanol–water partition coefficient (Wildman–Crippen LogP) is -12.0. The Morgan fingerprint density at radius 1 is 0.193 bits per heavy atom. The number of amides is 13. The number of nitrogens with one attached hydrogen (secondary N) is 13. The number of hydrogen-bond acceptors (Lipinski definition) is 28. The number of hydrogen-bond donors (Lipinski definition) is 21. The summed E-state index contributed by atoms with van der Waals surface area (Å²) in [6.07, 6.45) is 1.42. The van der Waals surface area contributed by atoms with Gasteiger partial charge < -0.3 is 149 Å². The first-order valence-electron chi connectivity index (χ1n) is 38.5. The van der Waals surface area contributed by atoms with Crippen LogP contribution < -0.4 is 109 Å². The summed E-state index contributed by atoms with van der Waals surface area (Å²) in [5.41, 5.74) is 38.7. The first-order valence-corrected chi connectivity index (χ1v) is 38.5. The summed E-state index contributed by atoms with van der Waals surface area (Å²) in [5, 5.41) is 46.5. The SMILES string of the molecule is CN(CCNC(=O)CCN(CCNC(=O)CCN(CCO)CCC(=O)NCCN(CCC(=O)NCCN(CCC(=O)NCCN)CCC(=O)NCCN)CCC(=O)NCCN(CCC(=O)NCCN)CCC(=O)NCCN)CCC(=O)NCCN(CCC(=O)NCCN)CCC(=O)NCCN)CCC(=O)NCCN. The Labute approximate surface area is 644 Å². The van der Waals surface area contributed by atoms with Crippen molar-refractivity contribution in [3.05, 3.63) is 0 Å². The van der Waals surface area contributed by atoms with Crippen LogP contribution in [-0.2, 0) is 62.3 Å². The van der Waals surface area contributed by atoms with Crippen LogP contribution in [0.25, 0.3) is 0 Å². The van der Waals surface area contributed by atoms with Gasteiger partial charge in [0.05, 0.1) is 6.61 Å². The van der Waals surface area contributed by atoms with Gasteiger partial charge in [-0.1, -0.05) is 0 Å². The Balaban J connectivity index is 6.02. The summed E-state index contributed by atoms with van der Waals surface area (Å²) < 4.78 is 0. The van der Waals surface area contributed by atoms with Gasteiger partial charge >= 0.3 is 0 Å². The van der Waals surface area contributed by atoms with Crippen LogP contribution in [0, 0.1) is 0 Å². The third-order valence-electron chi connectivity index (χ3n) is 16.8. The standard InChI is InChI=1S/C68H139N27O14/c1-89(35-2-56(97)76-22-15-69)48-29-83-63(104)9-42-93(43-10-64(105)84-30-49-90(36-3-57(98)77-23-16-70)37-4-58(99)78-24-17-71)52-33-87-67(108)13-46-95(54-55-96)47-14-68(109)88-34-53-94(44-11-65(106)85-31-50-91(38-5-59(100)79-25-18-72)39-6-60(101)80-26-19-73)45-12-66(107)86-32-51-92(40-7-61(102)81-27-20-74)41-8-62(103)82-28-21-75/h96H,2-55,69-75H2,1H3,(H,76,97)(H,77,98)(H,78,99)(H,79,100)(H,80,101)(H,81,102)(H,82,103)(H,83,104)(H,84,105)(H,85,106)(H,86,107)(H,87,108)(H,88,109). The van der Waals surface area contributed by atoms with Crippen LogP contribution >= 0.6 is 0 Å². The Morgan fingerprint density at radius 3 is 0.468 bits per heavy atom. The quantitative estimate of drug-likeness (QED) is 0.0269. The number of carbonyl (C=O) groups is 13. The molecule has 0 heterocycles. The van der Waals surface area contributed by atoms with E-state index in [0.717, 1.165) is 0 Å². The minimum Gasteiger partial charge on any atom is -0.395 e. The molecule has 0 aliphatic carbocycles. The molecule has 0 atom stereocenters. The van der Waals surface area contributed by atoms with Gasteiger partial charge in [0.1, 0.15) is 0 Å². The van der Waals surface area contributed by atoms with Crippen LogP contribution in [0.4, 0.5) is 0 Å². The smallest absolute Gasteiger partial charge is 0.221 e. The van der Waals surface area contributed by atoms with Crippen molar-refractivity contribution in [3.8, 4) is 0 Å². The molecular formula is C68H139N27O14. The lowest BCUT2D eigenvalue weighted by molar-refractivity contribution is -0.123. The number of nitrogens with two attached hydrogens (primary N) is 7. The second-order valence-corrected chi connectivity index (χ2v) is 25.9. The molecule has 0 radical (unpaired) electrons. The van der Waals surface area contributed by atoms with E-state index in [9.17, 15) is 67.4 Å². The molecule has 630 valence electrons. The van der Waals surface area contributed by atoms with Crippen molar-refractivity contribution in [1.82, 2.24) is 103 Å². The fraction of sp³-hybridized carbons (Fsp3) is 0.809. The van der Waals surface area contributed by atoms with E-state index < -0.39 is 0 Å². The molecule has 0 aliphatic heterocycles. The van der Waals surface area contributed by atoms with Crippen molar-refractivity contribution in [3.63, 3.8) is 0 Å². The minimum absolute atomic E-state index is 0.00999. The average molecular weight is 1560 g/mol. The van der Waals surface area contributed by atoms with E-state index in [4.69, 9.17) is 40.1 Å². The van der Waals surface area contributed by atoms with E-state index in [2.05, 4.69) is 69.1 Å². The van der Waals surface area contributed by atoms with Crippen LogP contribution in [0.3, 0.4) is 0 Å². The monoisotopic (exact) mass is 1560 g/mol. The lowest BCUT2D eigenvalue weighted by Crippen LogP contribution is -2.42. The zero-order chi connectivity index (χ0) is 80.9. The Hall–Kier alpha value is -7.49. The Kier molecular flexibility index (Phi) is 64.9. The highest BCUT2D eigenvalue weighted by Gasteiger charge is 2.20. The molecule has 0 bridgehead atoms. The van der Waals surface area contributed by atoms with Gasteiger partial charge in [-0.3, -0.25) is 62.3 Å². The van der Waals surface area contributed by atoms with E-state index in [1.807, 2.05) is 36.4 Å². The zero-order valence-corrected chi connectivity index (χ0v) is 65.1. The van der Waals surface area contributed by atoms with E-state index in [1.165, 1.54) is 0 Å². The molecule has 0 spiro atoms. The van der Waals surface area contributed by atoms with Crippen LogP contribution in [0.5, 0.6) is 0 Å². The molecule has 0 saturated heterocycles. The molecule has 28 N–H and O–H groups in total. The van der Waals surface area contributed by atoms with Crippen molar-refractivity contribution >= 4 is 76.8 Å². The minimum atomic E-state index is -0.323. The number of aliphatic hydroxyl groups is 1. The van der Waals surface area contributed by atoms with E-state index in [1.54, 1.807) is 4.90 Å². The maximum atomic E-state index is 13.4. The number of aliphatic hydroxyl groups excluding tert-OH is 1. The van der Waals surface area contributed by atoms with E-state index in [0.29, 0.717) is 131 Å². The largest absolute Gasteiger partial charge is 0.395 e. The van der Waals surface area contributed by atoms with Crippen molar-refractivity contribution in [2.24, 2.45) is 40.1 Å². The highest BCUT2D eigenvalue weighted by atomic mass is 16.3. The first kappa shape index (κ1) is 102. The van der Waals surface area contributed by atoms with Crippen molar-refractivity contribution in [2.75, 3.05) is 275 Å². The van der Waals surface area contributed by atoms with Crippen molar-refractivity contribution in [1.29, 1.82) is 0 Å². The van der Waals surface area contributed by atoms with Crippen LogP contribution in [0.2, 0.25) is 0 Å². The van der Waals surface area contributed by atoms with Crippen molar-refractivity contribution in [2.45, 2.75) is 83.5 Å². The van der Waals surface area contributed by atoms with Gasteiger partial charge in [0.15, 0.2) is 0 Å². The molecule has 0 fully saturated rings. The molecule has 109 heavy (non-hydrogen) atoms. The molecule has 0 unspecified atom stereocenters. The summed E-state index contributed by atoms with van der Waals surface area (Å²) >= 11 is 0. The highest BCUT2D eigenvalue weighted by molar-refractivity contribution is 5.81. The zero-order valence-electron chi connectivity index (χ0n) is 65.1. The van der Waals surface area contributed by atoms with Crippen molar-refractivity contribution < 1.29 is 67.4 Å². The molecular weight excluding hydrogens is 1420 g/mol. The average Bonchev–Trinajstić information content (AvgIpc) is 1.05. The van der Waals surface area contributed by atoms with Gasteiger partial charge in [-0.15, -0.1) is 0 Å². The third kappa shape index (κ3) is 62.9. The molecule has 41 heteroatoms. The van der Waals surface area contributed by atoms with Gasteiger partial charge in [0.25, 0.3) is 0 Å². The summed E-state index contributed by atoms with van der Waals surface area (Å²) in [6, 6.07) is 0. The van der Waals surface area contributed by atoms with E-state index >= 15 is 0 Å². The second-order valence-electron chi connectivity index (χ2n) is 25.9. The molecule has 0 aromatic rings. The Bertz CT molecular complexity index is 2390. The number of likely N-dealkylation sites (N-methyl/N-ethyl adjacent to an activating group) is 1. The number of nitrogens with zero attached hydrogens (tertiary/aromatic N) is 7. The molecule has 13 amide bonds. The van der Waals surface area contributed by atoms with Gasteiger partial charge in [-0.25, -0.2) is 0 Å². The number of rotatable bonds is 73. The van der Waals surface area contributed by atoms with Crippen LogP contribution in [0.1, 0.15) is 83.5 Å². The molecule has 0 saturated carbocycles. The normalized spacial score (nSPS) is 11.3. The van der Waals surface area contributed by atoms with Crippen LogP contribution in [-0.4, -0.2) is 392 Å². The van der Waals surface area contributed by atoms with Gasteiger partial charge in [-0.2, -0.15) is 0 Å². The fourth-order valence-corrected chi connectivity index (χ4v) is 10.5. The molecule has 0 aliphatic rings. The fourth-order valence-electron chi connectivity index (χ4n) is 10.5. The van der Waals surface area contributed by atoms with Gasteiger partial charge in [-0.05, 0) is 7.05 Å². The molecule has 41 nitrogen and oxygen atoms in total. The predicted molar refractivity (Wildman–Crippen MR) is 416 cm³/mol. The first-order chi connectivity index (χ1) is 52.5. The Morgan fingerprint density at radius 2 is 0.321 bits per heavy atom. The summed E-state index contributed by atoms with van der Waals surface area (Å²) in [6.45, 7) is 11.4. The maximum Gasteiger partial charge on any atom is 0.221 e. The number of carbonyl (C=O) groups excluding carboxylic acids is 13. The summed E-state index contributed by atoms with van der Waals surface area (Å²) in [7, 11) is 1.84. The van der Waals surface area contributed by atoms with Gasteiger partial charge in [0.2, 0.25) is 76.8 Å². The molecule has 0 aromatic heterocycles. The summed E-state index contributed by atoms with van der Waals surface area (Å²) in [4.78, 5) is 179. The maximum absolute atomic E-state index is 13.4. The lowest BCUT2D eigenvalue weighted by atomic mass is 10.2. The third-order valence-corrected chi connectivity index (χ3v) is 16.8. The van der Waals surface area contributed by atoms with E-state index in [-0.39, 0.29) is 298 Å². The second kappa shape index (κ2) is 69.7. The molecule has 0 aromatic carbocycles. The topological polar surface area (TPSA) is 603 Å². The van der Waals surface area contributed by atoms with Gasteiger partial charge in [0, 0.05) is 345 Å². The highest BCUT2D eigenvalue weighted by Crippen LogP contribution is 2.03. The van der Waals surface area contributed by atoms with Crippen LogP contribution in [0.15, 0.2) is 0 Å². The summed E-state index contributed by atoms with van der Waals surface area (Å²) in [5.74, 6) is -3.04.